The monoisotopic (exact) mass is 385 g/mol. The number of anilines is 1. The van der Waals surface area contributed by atoms with Crippen LogP contribution in [0.5, 0.6) is 0 Å². The van der Waals surface area contributed by atoms with Crippen molar-refractivity contribution in [2.75, 3.05) is 5.73 Å². The summed E-state index contributed by atoms with van der Waals surface area (Å²) in [4.78, 5) is 21.7. The number of aromatic nitrogens is 6. The molecule has 4 heterocycles. The van der Waals surface area contributed by atoms with Crippen molar-refractivity contribution in [2.45, 2.75) is 13.0 Å². The molecule has 0 saturated heterocycles. The minimum absolute atomic E-state index is 0.328. The van der Waals surface area contributed by atoms with Gasteiger partial charge in [-0.1, -0.05) is 6.07 Å². The number of benzene rings is 1. The number of hydrogen-bond acceptors (Lipinski definition) is 6. The highest BCUT2D eigenvalue weighted by Crippen LogP contribution is 2.29. The largest absolute Gasteiger partial charge is 0.383 e. The molecule has 0 saturated carbocycles. The van der Waals surface area contributed by atoms with E-state index in [4.69, 9.17) is 5.73 Å². The second-order valence-corrected chi connectivity index (χ2v) is 6.74. The molecule has 0 spiro atoms. The third kappa shape index (κ3) is 2.85. The molecule has 29 heavy (non-hydrogen) atoms. The zero-order chi connectivity index (χ0) is 20.0. The minimum atomic E-state index is -0.347. The summed E-state index contributed by atoms with van der Waals surface area (Å²) in [6.07, 6.45) is 6.50. The predicted molar refractivity (Wildman–Crippen MR) is 108 cm³/mol. The molecule has 142 valence electrons. The summed E-state index contributed by atoms with van der Waals surface area (Å²) < 4.78 is 16.6. The average Bonchev–Trinajstić information content (AvgIpc) is 3.16. The summed E-state index contributed by atoms with van der Waals surface area (Å²) in [5, 5.41) is 0.870. The zero-order valence-corrected chi connectivity index (χ0v) is 15.5. The maximum Gasteiger partial charge on any atom is 0.197 e. The van der Waals surface area contributed by atoms with Crippen LogP contribution in [0.3, 0.4) is 0 Å². The number of rotatable bonds is 3. The van der Waals surface area contributed by atoms with Crippen LogP contribution in [-0.2, 0) is 0 Å². The Morgan fingerprint density at radius 2 is 1.86 bits per heavy atom. The van der Waals surface area contributed by atoms with Crippen LogP contribution in [-0.4, -0.2) is 29.5 Å². The lowest BCUT2D eigenvalue weighted by Crippen LogP contribution is -2.09. The molecule has 1 aromatic carbocycles. The van der Waals surface area contributed by atoms with E-state index >= 15 is 0 Å². The van der Waals surface area contributed by atoms with Crippen molar-refractivity contribution in [1.29, 1.82) is 0 Å². The van der Waals surface area contributed by atoms with E-state index in [1.807, 2.05) is 31.2 Å². The van der Waals surface area contributed by atoms with E-state index < -0.39 is 0 Å². The van der Waals surface area contributed by atoms with Crippen LogP contribution in [0.25, 0.3) is 33.5 Å². The van der Waals surface area contributed by atoms with Gasteiger partial charge in [0, 0.05) is 35.0 Å². The Balaban J connectivity index is 1.64. The average molecular weight is 385 g/mol. The lowest BCUT2D eigenvalue weighted by atomic mass is 10.0. The smallest absolute Gasteiger partial charge is 0.197 e. The molecule has 1 unspecified atom stereocenters. The number of fused-ring (bicyclic) bond motifs is 2. The maximum atomic E-state index is 14.8. The van der Waals surface area contributed by atoms with Gasteiger partial charge in [0.05, 0.1) is 29.8 Å². The molecule has 0 radical (unpaired) electrons. The molecule has 5 aromatic rings. The molecular weight excluding hydrogens is 369 g/mol. The Labute approximate surface area is 165 Å². The Bertz CT molecular complexity index is 1360. The van der Waals surface area contributed by atoms with E-state index in [-0.39, 0.29) is 11.9 Å². The van der Waals surface area contributed by atoms with Gasteiger partial charge in [-0.15, -0.1) is 0 Å². The van der Waals surface area contributed by atoms with Gasteiger partial charge in [0.1, 0.15) is 11.6 Å². The molecule has 2 N–H and O–H groups in total. The van der Waals surface area contributed by atoms with E-state index in [0.29, 0.717) is 39.4 Å². The predicted octanol–water partition coefficient (Wildman–Crippen LogP) is 3.77. The summed E-state index contributed by atoms with van der Waals surface area (Å²) in [6.45, 7) is 1.90. The van der Waals surface area contributed by atoms with E-state index in [1.165, 1.54) is 6.07 Å². The summed E-state index contributed by atoms with van der Waals surface area (Å²) in [7, 11) is 0. The fourth-order valence-electron chi connectivity index (χ4n) is 3.44. The van der Waals surface area contributed by atoms with Gasteiger partial charge < -0.3 is 10.3 Å². The van der Waals surface area contributed by atoms with Crippen molar-refractivity contribution in [2.24, 2.45) is 0 Å². The van der Waals surface area contributed by atoms with Gasteiger partial charge in [-0.25, -0.2) is 24.3 Å². The molecule has 5 rings (SSSR count). The van der Waals surface area contributed by atoms with Crippen LogP contribution >= 0.6 is 0 Å². The molecule has 0 aliphatic carbocycles. The fourth-order valence-corrected chi connectivity index (χ4v) is 3.44. The molecule has 0 fully saturated rings. The number of hydrogen-bond donors (Lipinski definition) is 1. The summed E-state index contributed by atoms with van der Waals surface area (Å²) >= 11 is 0. The van der Waals surface area contributed by atoms with Crippen molar-refractivity contribution in [1.82, 2.24) is 29.5 Å². The van der Waals surface area contributed by atoms with Crippen molar-refractivity contribution in [3.63, 3.8) is 0 Å². The van der Waals surface area contributed by atoms with Gasteiger partial charge in [0.15, 0.2) is 11.3 Å². The second-order valence-electron chi connectivity index (χ2n) is 6.74. The number of halogens is 1. The van der Waals surface area contributed by atoms with E-state index in [2.05, 4.69) is 24.9 Å². The molecule has 0 amide bonds. The first-order chi connectivity index (χ1) is 14.1. The highest BCUT2D eigenvalue weighted by Gasteiger charge is 2.19. The van der Waals surface area contributed by atoms with Crippen LogP contribution in [0.1, 0.15) is 18.5 Å². The molecule has 0 bridgehead atoms. The molecule has 1 atom stereocenters. The number of nitrogens with two attached hydrogens (primary N) is 1. The number of pyridine rings is 2. The van der Waals surface area contributed by atoms with Crippen molar-refractivity contribution in [3.05, 3.63) is 72.7 Å². The maximum absolute atomic E-state index is 14.8. The van der Waals surface area contributed by atoms with E-state index in [9.17, 15) is 4.39 Å². The molecule has 0 aliphatic rings. The SMILES string of the molecule is CC(c1cc2cccnc2cc1F)n1cnc2ncc(-c3cccnc3N)nc21. The topological polar surface area (TPSA) is 95.4 Å². The first kappa shape index (κ1) is 17.2. The summed E-state index contributed by atoms with van der Waals surface area (Å²) in [6, 6.07) is 10.3. The zero-order valence-electron chi connectivity index (χ0n) is 15.5. The Morgan fingerprint density at radius 1 is 1.03 bits per heavy atom. The van der Waals surface area contributed by atoms with Crippen LogP contribution in [0.4, 0.5) is 10.2 Å². The van der Waals surface area contributed by atoms with Crippen LogP contribution in [0.2, 0.25) is 0 Å². The minimum Gasteiger partial charge on any atom is -0.383 e. The van der Waals surface area contributed by atoms with Crippen molar-refractivity contribution in [3.8, 4) is 11.3 Å². The fraction of sp³-hybridized carbons (Fsp3) is 0.0952. The number of nitrogen functional groups attached to an aromatic ring is 1. The van der Waals surface area contributed by atoms with Gasteiger partial charge in [-0.3, -0.25) is 4.98 Å². The molecule has 8 heteroatoms. The third-order valence-electron chi connectivity index (χ3n) is 4.99. The van der Waals surface area contributed by atoms with Crippen LogP contribution < -0.4 is 5.73 Å². The van der Waals surface area contributed by atoms with Gasteiger partial charge in [-0.2, -0.15) is 0 Å². The molecule has 4 aromatic heterocycles. The first-order valence-electron chi connectivity index (χ1n) is 9.06. The van der Waals surface area contributed by atoms with Gasteiger partial charge >= 0.3 is 0 Å². The normalized spacial score (nSPS) is 12.5. The van der Waals surface area contributed by atoms with Gasteiger partial charge in [0.25, 0.3) is 0 Å². The number of nitrogens with zero attached hydrogens (tertiary/aromatic N) is 6. The number of imidazole rings is 1. The van der Waals surface area contributed by atoms with E-state index in [0.717, 1.165) is 5.39 Å². The third-order valence-corrected chi connectivity index (χ3v) is 4.99. The summed E-state index contributed by atoms with van der Waals surface area (Å²) in [5.41, 5.74) is 9.41. The molecule has 0 aliphatic heterocycles. The Kier molecular flexibility index (Phi) is 3.90. The first-order valence-corrected chi connectivity index (χ1v) is 9.06. The van der Waals surface area contributed by atoms with E-state index in [1.54, 1.807) is 35.6 Å². The summed E-state index contributed by atoms with van der Waals surface area (Å²) in [5.74, 6) is 0.0412. The van der Waals surface area contributed by atoms with Crippen LogP contribution in [0.15, 0.2) is 61.3 Å². The molecule has 7 nitrogen and oxygen atoms in total. The lowest BCUT2D eigenvalue weighted by Gasteiger charge is -2.16. The Hall–Kier alpha value is -3.94. The Morgan fingerprint density at radius 3 is 2.72 bits per heavy atom. The second kappa shape index (κ2) is 6.59. The van der Waals surface area contributed by atoms with Crippen LogP contribution in [0, 0.1) is 5.82 Å². The van der Waals surface area contributed by atoms with Gasteiger partial charge in [0.2, 0.25) is 0 Å². The quantitative estimate of drug-likeness (QED) is 0.508. The van der Waals surface area contributed by atoms with Gasteiger partial charge in [-0.05, 0) is 31.2 Å². The van der Waals surface area contributed by atoms with Crippen molar-refractivity contribution < 1.29 is 4.39 Å². The lowest BCUT2D eigenvalue weighted by molar-refractivity contribution is 0.564. The molecular formula is C21H16FN7. The highest BCUT2D eigenvalue weighted by molar-refractivity contribution is 5.79. The highest BCUT2D eigenvalue weighted by atomic mass is 19.1. The standard InChI is InChI=1S/C21H16FN7/c1-12(15-8-13-4-2-6-24-17(13)9-16(15)22)29-11-27-20-21(29)28-18(10-26-20)14-5-3-7-25-19(14)23/h2-12H,1H3,(H2,23,25). The van der Waals surface area contributed by atoms with Crippen molar-refractivity contribution >= 4 is 28.0 Å².